The molecule has 1 aromatic heterocycles. The Morgan fingerprint density at radius 1 is 1.28 bits per heavy atom. The van der Waals surface area contributed by atoms with Gasteiger partial charge in [0.25, 0.3) is 0 Å². The van der Waals surface area contributed by atoms with Crippen LogP contribution in [0.2, 0.25) is 0 Å². The molecule has 1 fully saturated rings. The minimum Gasteiger partial charge on any atom is -0.346 e. The van der Waals surface area contributed by atoms with Crippen LogP contribution in [0.3, 0.4) is 0 Å². The molecule has 1 aliphatic carbocycles. The first kappa shape index (κ1) is 13.6. The van der Waals surface area contributed by atoms with Gasteiger partial charge >= 0.3 is 0 Å². The number of rotatable bonds is 4. The monoisotopic (exact) mass is 249 g/mol. The highest BCUT2D eigenvalue weighted by Crippen LogP contribution is 2.31. The highest BCUT2D eigenvalue weighted by molar-refractivity contribution is 5.16. The van der Waals surface area contributed by atoms with E-state index in [1.165, 1.54) is 42.9 Å². The molecule has 0 aromatic carbocycles. The highest BCUT2D eigenvalue weighted by atomic mass is 14.9. The SMILES string of the molecule is CNC1CCC(c2nc(CC(C)C)c(C)[nH]2)CC1. The molecule has 18 heavy (non-hydrogen) atoms. The summed E-state index contributed by atoms with van der Waals surface area (Å²) in [7, 11) is 2.07. The summed E-state index contributed by atoms with van der Waals surface area (Å²) >= 11 is 0. The van der Waals surface area contributed by atoms with Gasteiger partial charge in [0.05, 0.1) is 5.69 Å². The van der Waals surface area contributed by atoms with Crippen LogP contribution in [0.5, 0.6) is 0 Å². The lowest BCUT2D eigenvalue weighted by molar-refractivity contribution is 0.351. The number of imidazole rings is 1. The van der Waals surface area contributed by atoms with Crippen molar-refractivity contribution in [3.05, 3.63) is 17.2 Å². The molecule has 0 saturated heterocycles. The molecule has 0 amide bonds. The van der Waals surface area contributed by atoms with Crippen molar-refractivity contribution in [2.45, 2.75) is 64.8 Å². The Morgan fingerprint density at radius 2 is 1.94 bits per heavy atom. The summed E-state index contributed by atoms with van der Waals surface area (Å²) in [5.41, 5.74) is 2.55. The van der Waals surface area contributed by atoms with Crippen molar-refractivity contribution in [1.82, 2.24) is 15.3 Å². The number of aromatic amines is 1. The van der Waals surface area contributed by atoms with E-state index in [4.69, 9.17) is 4.98 Å². The summed E-state index contributed by atoms with van der Waals surface area (Å²) in [5, 5.41) is 3.39. The molecule has 3 heteroatoms. The molecule has 0 bridgehead atoms. The Hall–Kier alpha value is -0.830. The molecule has 0 spiro atoms. The van der Waals surface area contributed by atoms with Gasteiger partial charge in [-0.2, -0.15) is 0 Å². The molecule has 1 saturated carbocycles. The van der Waals surface area contributed by atoms with E-state index in [1.54, 1.807) is 0 Å². The number of aromatic nitrogens is 2. The average Bonchev–Trinajstić information content (AvgIpc) is 2.70. The van der Waals surface area contributed by atoms with E-state index in [1.807, 2.05) is 0 Å². The van der Waals surface area contributed by atoms with E-state index < -0.39 is 0 Å². The molecule has 0 radical (unpaired) electrons. The first-order valence-corrected chi connectivity index (χ1v) is 7.32. The predicted molar refractivity (Wildman–Crippen MR) is 75.9 cm³/mol. The molecule has 0 unspecified atom stereocenters. The summed E-state index contributed by atoms with van der Waals surface area (Å²) in [5.74, 6) is 2.56. The van der Waals surface area contributed by atoms with Gasteiger partial charge in [-0.25, -0.2) is 4.98 Å². The van der Waals surface area contributed by atoms with E-state index in [0.717, 1.165) is 6.42 Å². The fourth-order valence-electron chi connectivity index (χ4n) is 2.96. The van der Waals surface area contributed by atoms with Crippen LogP contribution < -0.4 is 5.32 Å². The topological polar surface area (TPSA) is 40.7 Å². The van der Waals surface area contributed by atoms with Crippen molar-refractivity contribution in [2.75, 3.05) is 7.05 Å². The van der Waals surface area contributed by atoms with Crippen molar-refractivity contribution in [3.8, 4) is 0 Å². The Kier molecular flexibility index (Phi) is 4.44. The van der Waals surface area contributed by atoms with Crippen LogP contribution in [0.25, 0.3) is 0 Å². The number of nitrogens with zero attached hydrogens (tertiary/aromatic N) is 1. The lowest BCUT2D eigenvalue weighted by Crippen LogP contribution is -2.29. The molecular weight excluding hydrogens is 222 g/mol. The van der Waals surface area contributed by atoms with Gasteiger partial charge in [0, 0.05) is 17.7 Å². The van der Waals surface area contributed by atoms with Crippen LogP contribution >= 0.6 is 0 Å². The van der Waals surface area contributed by atoms with Crippen molar-refractivity contribution < 1.29 is 0 Å². The van der Waals surface area contributed by atoms with Crippen LogP contribution in [-0.2, 0) is 6.42 Å². The van der Waals surface area contributed by atoms with Gasteiger partial charge in [0.1, 0.15) is 5.82 Å². The van der Waals surface area contributed by atoms with Crippen molar-refractivity contribution >= 4 is 0 Å². The maximum atomic E-state index is 4.85. The Labute approximate surface area is 111 Å². The summed E-state index contributed by atoms with van der Waals surface area (Å²) in [4.78, 5) is 8.37. The number of aryl methyl sites for hydroxylation is 1. The van der Waals surface area contributed by atoms with Gasteiger partial charge in [-0.1, -0.05) is 13.8 Å². The first-order chi connectivity index (χ1) is 8.60. The fraction of sp³-hybridized carbons (Fsp3) is 0.800. The van der Waals surface area contributed by atoms with Crippen molar-refractivity contribution in [3.63, 3.8) is 0 Å². The summed E-state index contributed by atoms with van der Waals surface area (Å²) in [6.07, 6.45) is 6.17. The maximum Gasteiger partial charge on any atom is 0.109 e. The number of nitrogens with one attached hydrogen (secondary N) is 2. The Morgan fingerprint density at radius 3 is 2.50 bits per heavy atom. The molecule has 3 nitrogen and oxygen atoms in total. The van der Waals surface area contributed by atoms with Gasteiger partial charge in [-0.05, 0) is 52.0 Å². The summed E-state index contributed by atoms with van der Waals surface area (Å²) in [6.45, 7) is 6.67. The van der Waals surface area contributed by atoms with Crippen molar-refractivity contribution in [2.24, 2.45) is 5.92 Å². The number of hydrogen-bond donors (Lipinski definition) is 2. The third kappa shape index (κ3) is 3.14. The zero-order chi connectivity index (χ0) is 13.1. The van der Waals surface area contributed by atoms with Crippen LogP contribution in [0.15, 0.2) is 0 Å². The second-order valence-electron chi connectivity index (χ2n) is 6.13. The maximum absolute atomic E-state index is 4.85. The molecule has 2 rings (SSSR count). The van der Waals surface area contributed by atoms with E-state index >= 15 is 0 Å². The zero-order valence-electron chi connectivity index (χ0n) is 12.2. The lowest BCUT2D eigenvalue weighted by atomic mass is 9.85. The average molecular weight is 249 g/mol. The molecule has 102 valence electrons. The highest BCUT2D eigenvalue weighted by Gasteiger charge is 2.24. The largest absolute Gasteiger partial charge is 0.346 e. The fourth-order valence-corrected chi connectivity index (χ4v) is 2.96. The number of hydrogen-bond acceptors (Lipinski definition) is 2. The summed E-state index contributed by atoms with van der Waals surface area (Å²) < 4.78 is 0. The van der Waals surface area contributed by atoms with Crippen LogP contribution in [-0.4, -0.2) is 23.1 Å². The third-order valence-corrected chi connectivity index (χ3v) is 4.13. The molecule has 0 aliphatic heterocycles. The smallest absolute Gasteiger partial charge is 0.109 e. The first-order valence-electron chi connectivity index (χ1n) is 7.32. The van der Waals surface area contributed by atoms with Crippen LogP contribution in [0.1, 0.15) is 62.7 Å². The second-order valence-corrected chi connectivity index (χ2v) is 6.13. The Balaban J connectivity index is 2.01. The Bertz CT molecular complexity index is 373. The zero-order valence-corrected chi connectivity index (χ0v) is 12.2. The van der Waals surface area contributed by atoms with Crippen LogP contribution in [0, 0.1) is 12.8 Å². The van der Waals surface area contributed by atoms with Gasteiger partial charge in [0.2, 0.25) is 0 Å². The van der Waals surface area contributed by atoms with E-state index in [0.29, 0.717) is 17.9 Å². The van der Waals surface area contributed by atoms with Gasteiger partial charge in [-0.3, -0.25) is 0 Å². The third-order valence-electron chi connectivity index (χ3n) is 4.13. The molecule has 2 N–H and O–H groups in total. The van der Waals surface area contributed by atoms with Gasteiger partial charge in [0.15, 0.2) is 0 Å². The van der Waals surface area contributed by atoms with E-state index in [2.05, 4.69) is 38.1 Å². The van der Waals surface area contributed by atoms with E-state index in [-0.39, 0.29) is 0 Å². The molecule has 1 aromatic rings. The second kappa shape index (κ2) is 5.87. The minimum atomic E-state index is 0.647. The van der Waals surface area contributed by atoms with E-state index in [9.17, 15) is 0 Å². The number of H-pyrrole nitrogens is 1. The normalized spacial score (nSPS) is 24.7. The minimum absolute atomic E-state index is 0.647. The van der Waals surface area contributed by atoms with Gasteiger partial charge < -0.3 is 10.3 Å². The van der Waals surface area contributed by atoms with Crippen molar-refractivity contribution in [1.29, 1.82) is 0 Å². The predicted octanol–water partition coefficient (Wildman–Crippen LogP) is 3.16. The van der Waals surface area contributed by atoms with Crippen LogP contribution in [0.4, 0.5) is 0 Å². The van der Waals surface area contributed by atoms with Gasteiger partial charge in [-0.15, -0.1) is 0 Å². The molecule has 1 heterocycles. The molecule has 1 aliphatic rings. The molecular formula is C15H27N3. The summed E-state index contributed by atoms with van der Waals surface area (Å²) in [6, 6.07) is 0.715. The standard InChI is InChI=1S/C15H27N3/c1-10(2)9-14-11(3)17-15(18-14)12-5-7-13(16-4)8-6-12/h10,12-13,16H,5-9H2,1-4H3,(H,17,18). The quantitative estimate of drug-likeness (QED) is 0.860. The lowest BCUT2D eigenvalue weighted by Gasteiger charge is -2.26. The molecule has 0 atom stereocenters.